The molecule has 0 saturated heterocycles. The highest BCUT2D eigenvalue weighted by Crippen LogP contribution is 2.19. The van der Waals surface area contributed by atoms with E-state index in [4.69, 9.17) is 0 Å². The Morgan fingerprint density at radius 3 is 3.05 bits per heavy atom. The molecule has 3 N–H and O–H groups in total. The predicted molar refractivity (Wildman–Crippen MR) is 81.5 cm³/mol. The van der Waals surface area contributed by atoms with Crippen LogP contribution in [0.1, 0.15) is 37.8 Å². The standard InChI is InChI=1S/C16H22N4O/c21-16-7-3-1-2-6-14(16)18-11-13-9-15(20-19-13)12-5-4-8-17-10-12/h4-5,8-10,14,16,18,21H,1-3,6-7,11H2,(H,19,20)/t14-,16-/m1/s1. The number of pyridine rings is 1. The Kier molecular flexibility index (Phi) is 4.62. The van der Waals surface area contributed by atoms with Gasteiger partial charge in [-0.05, 0) is 31.0 Å². The van der Waals surface area contributed by atoms with Crippen molar-refractivity contribution in [1.82, 2.24) is 20.5 Å². The molecular weight excluding hydrogens is 264 g/mol. The molecule has 2 aromatic heterocycles. The van der Waals surface area contributed by atoms with Crippen LogP contribution in [0, 0.1) is 0 Å². The minimum absolute atomic E-state index is 0.192. The Morgan fingerprint density at radius 2 is 2.19 bits per heavy atom. The van der Waals surface area contributed by atoms with Crippen molar-refractivity contribution in [3.8, 4) is 11.3 Å². The van der Waals surface area contributed by atoms with Gasteiger partial charge in [-0.15, -0.1) is 0 Å². The van der Waals surface area contributed by atoms with Gasteiger partial charge in [0.05, 0.1) is 11.8 Å². The van der Waals surface area contributed by atoms with Crippen LogP contribution in [0.3, 0.4) is 0 Å². The maximum absolute atomic E-state index is 10.1. The Labute approximate surface area is 124 Å². The molecule has 0 amide bonds. The van der Waals surface area contributed by atoms with E-state index in [1.54, 1.807) is 6.20 Å². The van der Waals surface area contributed by atoms with Crippen LogP contribution in [0.4, 0.5) is 0 Å². The molecule has 1 aliphatic rings. The third-order valence-corrected chi connectivity index (χ3v) is 4.12. The second-order valence-corrected chi connectivity index (χ2v) is 5.71. The summed E-state index contributed by atoms with van der Waals surface area (Å²) in [5.41, 5.74) is 2.95. The van der Waals surface area contributed by atoms with Gasteiger partial charge in [-0.1, -0.05) is 19.3 Å². The molecule has 1 saturated carbocycles. The second-order valence-electron chi connectivity index (χ2n) is 5.71. The topological polar surface area (TPSA) is 73.8 Å². The van der Waals surface area contributed by atoms with Crippen LogP contribution in [0.2, 0.25) is 0 Å². The Balaban J connectivity index is 1.60. The third kappa shape index (κ3) is 3.68. The van der Waals surface area contributed by atoms with E-state index in [1.807, 2.05) is 24.4 Å². The SMILES string of the molecule is O[C@@H]1CCCCC[C@H]1NCc1cc(-c2cccnc2)n[nH]1. The molecule has 2 heterocycles. The molecule has 21 heavy (non-hydrogen) atoms. The summed E-state index contributed by atoms with van der Waals surface area (Å²) in [4.78, 5) is 4.11. The Morgan fingerprint density at radius 1 is 1.29 bits per heavy atom. The molecule has 2 aromatic rings. The fourth-order valence-electron chi connectivity index (χ4n) is 2.88. The van der Waals surface area contributed by atoms with E-state index in [9.17, 15) is 5.11 Å². The summed E-state index contributed by atoms with van der Waals surface area (Å²) in [5, 5.41) is 20.9. The molecule has 0 aromatic carbocycles. The van der Waals surface area contributed by atoms with Crippen molar-refractivity contribution >= 4 is 0 Å². The summed E-state index contributed by atoms with van der Waals surface area (Å²) in [5.74, 6) is 0. The van der Waals surface area contributed by atoms with Crippen molar-refractivity contribution in [1.29, 1.82) is 0 Å². The van der Waals surface area contributed by atoms with Crippen LogP contribution >= 0.6 is 0 Å². The molecule has 0 spiro atoms. The van der Waals surface area contributed by atoms with Gasteiger partial charge in [-0.3, -0.25) is 10.1 Å². The fourth-order valence-corrected chi connectivity index (χ4v) is 2.88. The molecule has 1 aliphatic carbocycles. The van der Waals surface area contributed by atoms with Crippen LogP contribution in [-0.4, -0.2) is 32.4 Å². The van der Waals surface area contributed by atoms with E-state index in [1.165, 1.54) is 12.8 Å². The van der Waals surface area contributed by atoms with Gasteiger partial charge in [-0.2, -0.15) is 5.10 Å². The van der Waals surface area contributed by atoms with E-state index in [-0.39, 0.29) is 12.1 Å². The summed E-state index contributed by atoms with van der Waals surface area (Å²) in [6.07, 6.45) is 8.84. The highest BCUT2D eigenvalue weighted by Gasteiger charge is 2.21. The lowest BCUT2D eigenvalue weighted by Gasteiger charge is -2.21. The quantitative estimate of drug-likeness (QED) is 0.754. The number of aromatic nitrogens is 3. The van der Waals surface area contributed by atoms with Gasteiger partial charge < -0.3 is 10.4 Å². The average Bonchev–Trinajstić information content (AvgIpc) is 2.90. The van der Waals surface area contributed by atoms with Gasteiger partial charge in [0.1, 0.15) is 0 Å². The third-order valence-electron chi connectivity index (χ3n) is 4.12. The number of nitrogens with zero attached hydrogens (tertiary/aromatic N) is 2. The number of rotatable bonds is 4. The predicted octanol–water partition coefficient (Wildman–Crippen LogP) is 2.25. The zero-order valence-electron chi connectivity index (χ0n) is 12.1. The lowest BCUT2D eigenvalue weighted by molar-refractivity contribution is 0.119. The maximum atomic E-state index is 10.1. The normalized spacial score (nSPS) is 22.9. The minimum Gasteiger partial charge on any atom is -0.392 e. The van der Waals surface area contributed by atoms with Gasteiger partial charge in [0.25, 0.3) is 0 Å². The van der Waals surface area contributed by atoms with Crippen LogP contribution in [0.15, 0.2) is 30.6 Å². The van der Waals surface area contributed by atoms with Crippen molar-refractivity contribution in [3.63, 3.8) is 0 Å². The number of aliphatic hydroxyl groups excluding tert-OH is 1. The Bertz CT molecular complexity index is 554. The summed E-state index contributed by atoms with van der Waals surface area (Å²) in [6.45, 7) is 0.703. The first-order valence-corrected chi connectivity index (χ1v) is 7.69. The monoisotopic (exact) mass is 286 g/mol. The molecule has 1 fully saturated rings. The number of nitrogens with one attached hydrogen (secondary N) is 2. The lowest BCUT2D eigenvalue weighted by atomic mass is 10.1. The summed E-state index contributed by atoms with van der Waals surface area (Å²) in [6, 6.07) is 6.13. The van der Waals surface area contributed by atoms with Gasteiger partial charge >= 0.3 is 0 Å². The number of H-pyrrole nitrogens is 1. The molecule has 5 nitrogen and oxygen atoms in total. The highest BCUT2D eigenvalue weighted by atomic mass is 16.3. The first-order chi connectivity index (χ1) is 10.3. The summed E-state index contributed by atoms with van der Waals surface area (Å²) < 4.78 is 0. The Hall–Kier alpha value is -1.72. The molecular formula is C16H22N4O. The molecule has 0 unspecified atom stereocenters. The van der Waals surface area contributed by atoms with Gasteiger partial charge in [0.15, 0.2) is 0 Å². The minimum atomic E-state index is -0.229. The van der Waals surface area contributed by atoms with Crippen LogP contribution in [0.25, 0.3) is 11.3 Å². The first-order valence-electron chi connectivity index (χ1n) is 7.69. The molecule has 0 aliphatic heterocycles. The highest BCUT2D eigenvalue weighted by molar-refractivity contribution is 5.57. The van der Waals surface area contributed by atoms with Crippen LogP contribution in [0.5, 0.6) is 0 Å². The summed E-state index contributed by atoms with van der Waals surface area (Å²) >= 11 is 0. The molecule has 112 valence electrons. The molecule has 0 bridgehead atoms. The number of aromatic amines is 1. The first kappa shape index (κ1) is 14.2. The van der Waals surface area contributed by atoms with Gasteiger partial charge in [0, 0.05) is 36.2 Å². The van der Waals surface area contributed by atoms with Crippen molar-refractivity contribution in [2.24, 2.45) is 0 Å². The van der Waals surface area contributed by atoms with Crippen molar-refractivity contribution < 1.29 is 5.11 Å². The van der Waals surface area contributed by atoms with Gasteiger partial charge in [-0.25, -0.2) is 0 Å². The van der Waals surface area contributed by atoms with E-state index in [0.29, 0.717) is 6.54 Å². The largest absolute Gasteiger partial charge is 0.392 e. The van der Waals surface area contributed by atoms with Crippen molar-refractivity contribution in [2.75, 3.05) is 0 Å². The fraction of sp³-hybridized carbons (Fsp3) is 0.500. The average molecular weight is 286 g/mol. The zero-order valence-corrected chi connectivity index (χ0v) is 12.1. The number of aliphatic hydroxyl groups is 1. The summed E-state index contributed by atoms with van der Waals surface area (Å²) in [7, 11) is 0. The van der Waals surface area contributed by atoms with E-state index in [2.05, 4.69) is 20.5 Å². The zero-order chi connectivity index (χ0) is 14.5. The van der Waals surface area contributed by atoms with E-state index < -0.39 is 0 Å². The second kappa shape index (κ2) is 6.83. The number of hydrogen-bond donors (Lipinski definition) is 3. The lowest BCUT2D eigenvalue weighted by Crippen LogP contribution is -2.38. The van der Waals surface area contributed by atoms with E-state index in [0.717, 1.165) is 36.2 Å². The van der Waals surface area contributed by atoms with Crippen molar-refractivity contribution in [3.05, 3.63) is 36.3 Å². The van der Waals surface area contributed by atoms with Crippen LogP contribution in [-0.2, 0) is 6.54 Å². The van der Waals surface area contributed by atoms with E-state index >= 15 is 0 Å². The molecule has 5 heteroatoms. The smallest absolute Gasteiger partial charge is 0.0939 e. The number of hydrogen-bond acceptors (Lipinski definition) is 4. The molecule has 2 atom stereocenters. The maximum Gasteiger partial charge on any atom is 0.0939 e. The molecule has 3 rings (SSSR count). The van der Waals surface area contributed by atoms with Crippen LogP contribution < -0.4 is 5.32 Å². The van der Waals surface area contributed by atoms with Gasteiger partial charge in [0.2, 0.25) is 0 Å². The molecule has 0 radical (unpaired) electrons. The van der Waals surface area contributed by atoms with Crippen molar-refractivity contribution in [2.45, 2.75) is 50.8 Å².